The van der Waals surface area contributed by atoms with Crippen LogP contribution in [0.25, 0.3) is 0 Å². The molecule has 6 heteroatoms. The van der Waals surface area contributed by atoms with Crippen LogP contribution in [0.3, 0.4) is 0 Å². The molecule has 1 heterocycles. The SMILES string of the molecule is COc1ccc(N2CCC(CNC(=O)COc3ccc(Cl)cc3)C2)cc1. The number of halogens is 1. The van der Waals surface area contributed by atoms with E-state index in [2.05, 4.69) is 22.3 Å². The maximum atomic E-state index is 12.0. The van der Waals surface area contributed by atoms with Crippen LogP contribution in [0, 0.1) is 5.92 Å². The van der Waals surface area contributed by atoms with Crippen LogP contribution in [0.15, 0.2) is 48.5 Å². The van der Waals surface area contributed by atoms with Crippen molar-refractivity contribution in [2.24, 2.45) is 5.92 Å². The van der Waals surface area contributed by atoms with E-state index in [0.717, 1.165) is 25.3 Å². The molecule has 1 amide bonds. The minimum Gasteiger partial charge on any atom is -0.497 e. The van der Waals surface area contributed by atoms with Crippen LogP contribution in [-0.2, 0) is 4.79 Å². The largest absolute Gasteiger partial charge is 0.497 e. The lowest BCUT2D eigenvalue weighted by atomic mass is 10.1. The van der Waals surface area contributed by atoms with Crippen LogP contribution in [-0.4, -0.2) is 39.3 Å². The van der Waals surface area contributed by atoms with Gasteiger partial charge in [0.15, 0.2) is 6.61 Å². The van der Waals surface area contributed by atoms with Gasteiger partial charge in [0.25, 0.3) is 5.91 Å². The Morgan fingerprint density at radius 1 is 1.15 bits per heavy atom. The molecule has 26 heavy (non-hydrogen) atoms. The highest BCUT2D eigenvalue weighted by Gasteiger charge is 2.23. The highest BCUT2D eigenvalue weighted by Crippen LogP contribution is 2.25. The number of rotatable bonds is 7. The van der Waals surface area contributed by atoms with Gasteiger partial charge in [-0.3, -0.25) is 4.79 Å². The molecule has 1 N–H and O–H groups in total. The molecule has 1 aliphatic heterocycles. The molecule has 0 aromatic heterocycles. The smallest absolute Gasteiger partial charge is 0.257 e. The quantitative estimate of drug-likeness (QED) is 0.807. The molecule has 0 spiro atoms. The number of hydrogen-bond acceptors (Lipinski definition) is 4. The number of methoxy groups -OCH3 is 1. The van der Waals surface area contributed by atoms with Gasteiger partial charge in [0, 0.05) is 30.3 Å². The number of carbonyl (C=O) groups excluding carboxylic acids is 1. The van der Waals surface area contributed by atoms with E-state index in [0.29, 0.717) is 23.2 Å². The summed E-state index contributed by atoms with van der Waals surface area (Å²) in [5.41, 5.74) is 1.19. The molecule has 138 valence electrons. The van der Waals surface area contributed by atoms with Crippen molar-refractivity contribution in [2.75, 3.05) is 38.3 Å². The van der Waals surface area contributed by atoms with E-state index in [4.69, 9.17) is 21.1 Å². The van der Waals surface area contributed by atoms with Gasteiger partial charge in [-0.1, -0.05) is 11.6 Å². The number of carbonyl (C=O) groups is 1. The fourth-order valence-electron chi connectivity index (χ4n) is 3.02. The van der Waals surface area contributed by atoms with E-state index in [-0.39, 0.29) is 12.5 Å². The third-order valence-corrected chi connectivity index (χ3v) is 4.75. The zero-order valence-electron chi connectivity index (χ0n) is 14.8. The molecule has 1 fully saturated rings. The van der Waals surface area contributed by atoms with Crippen molar-refractivity contribution in [3.63, 3.8) is 0 Å². The van der Waals surface area contributed by atoms with Crippen LogP contribution >= 0.6 is 11.6 Å². The van der Waals surface area contributed by atoms with Crippen LogP contribution < -0.4 is 19.7 Å². The van der Waals surface area contributed by atoms with Gasteiger partial charge in [0.05, 0.1) is 7.11 Å². The Labute approximate surface area is 158 Å². The van der Waals surface area contributed by atoms with Crippen LogP contribution in [0.4, 0.5) is 5.69 Å². The van der Waals surface area contributed by atoms with Gasteiger partial charge >= 0.3 is 0 Å². The average molecular weight is 375 g/mol. The molecular weight excluding hydrogens is 352 g/mol. The maximum Gasteiger partial charge on any atom is 0.257 e. The number of nitrogens with one attached hydrogen (secondary N) is 1. The van der Waals surface area contributed by atoms with Gasteiger partial charge in [0.2, 0.25) is 0 Å². The van der Waals surface area contributed by atoms with E-state index in [1.807, 2.05) is 12.1 Å². The van der Waals surface area contributed by atoms with Crippen molar-refractivity contribution in [1.29, 1.82) is 0 Å². The first-order valence-electron chi connectivity index (χ1n) is 8.68. The summed E-state index contributed by atoms with van der Waals surface area (Å²) in [6, 6.07) is 15.1. The lowest BCUT2D eigenvalue weighted by molar-refractivity contribution is -0.123. The predicted molar refractivity (Wildman–Crippen MR) is 103 cm³/mol. The van der Waals surface area contributed by atoms with E-state index in [1.165, 1.54) is 5.69 Å². The number of anilines is 1. The zero-order valence-corrected chi connectivity index (χ0v) is 15.5. The first-order chi connectivity index (χ1) is 12.6. The fraction of sp³-hybridized carbons (Fsp3) is 0.350. The predicted octanol–water partition coefficient (Wildman–Crippen LogP) is 3.37. The molecule has 1 atom stereocenters. The van der Waals surface area contributed by atoms with Crippen molar-refractivity contribution >= 4 is 23.2 Å². The second-order valence-corrected chi connectivity index (χ2v) is 6.78. The normalized spacial score (nSPS) is 16.4. The number of amides is 1. The fourth-order valence-corrected chi connectivity index (χ4v) is 3.14. The average Bonchev–Trinajstić information content (AvgIpc) is 3.15. The van der Waals surface area contributed by atoms with Crippen molar-refractivity contribution in [2.45, 2.75) is 6.42 Å². The zero-order chi connectivity index (χ0) is 18.4. The van der Waals surface area contributed by atoms with Gasteiger partial charge in [0.1, 0.15) is 11.5 Å². The Morgan fingerprint density at radius 2 is 1.85 bits per heavy atom. The van der Waals surface area contributed by atoms with Crippen molar-refractivity contribution in [1.82, 2.24) is 5.32 Å². The lowest BCUT2D eigenvalue weighted by Gasteiger charge is -2.19. The topological polar surface area (TPSA) is 50.8 Å². The summed E-state index contributed by atoms with van der Waals surface area (Å²) in [6.45, 7) is 2.60. The molecule has 3 rings (SSSR count). The molecule has 0 radical (unpaired) electrons. The Hall–Kier alpha value is -2.40. The van der Waals surface area contributed by atoms with E-state index >= 15 is 0 Å². The first-order valence-corrected chi connectivity index (χ1v) is 9.06. The highest BCUT2D eigenvalue weighted by molar-refractivity contribution is 6.30. The summed E-state index contributed by atoms with van der Waals surface area (Å²) in [6.07, 6.45) is 1.06. The van der Waals surface area contributed by atoms with Gasteiger partial charge in [-0.05, 0) is 60.9 Å². The van der Waals surface area contributed by atoms with Gasteiger partial charge in [-0.15, -0.1) is 0 Å². The summed E-state index contributed by atoms with van der Waals surface area (Å²) >= 11 is 5.82. The molecule has 2 aromatic rings. The summed E-state index contributed by atoms with van der Waals surface area (Å²) in [4.78, 5) is 14.3. The van der Waals surface area contributed by atoms with Crippen LogP contribution in [0.2, 0.25) is 5.02 Å². The minimum atomic E-state index is -0.108. The van der Waals surface area contributed by atoms with Crippen molar-refractivity contribution in [3.05, 3.63) is 53.6 Å². The molecule has 0 aliphatic carbocycles. The molecule has 0 bridgehead atoms. The third kappa shape index (κ3) is 5.05. The number of hydrogen-bond donors (Lipinski definition) is 1. The van der Waals surface area contributed by atoms with E-state index < -0.39 is 0 Å². The van der Waals surface area contributed by atoms with Gasteiger partial charge < -0.3 is 19.7 Å². The minimum absolute atomic E-state index is 0.0105. The number of ether oxygens (including phenoxy) is 2. The van der Waals surface area contributed by atoms with Crippen LogP contribution in [0.1, 0.15) is 6.42 Å². The Bertz CT molecular complexity index is 719. The molecular formula is C20H23ClN2O3. The Kier molecular flexibility index (Phi) is 6.23. The summed E-state index contributed by atoms with van der Waals surface area (Å²) in [7, 11) is 1.67. The van der Waals surface area contributed by atoms with E-state index in [1.54, 1.807) is 31.4 Å². The summed E-state index contributed by atoms with van der Waals surface area (Å²) in [5, 5.41) is 3.60. The molecule has 1 unspecified atom stereocenters. The lowest BCUT2D eigenvalue weighted by Crippen LogP contribution is -2.34. The van der Waals surface area contributed by atoms with E-state index in [9.17, 15) is 4.79 Å². The third-order valence-electron chi connectivity index (χ3n) is 4.49. The Balaban J connectivity index is 1.39. The van der Waals surface area contributed by atoms with Gasteiger partial charge in [-0.2, -0.15) is 0 Å². The first kappa shape index (κ1) is 18.4. The summed E-state index contributed by atoms with van der Waals surface area (Å²) < 4.78 is 10.7. The second-order valence-electron chi connectivity index (χ2n) is 6.35. The van der Waals surface area contributed by atoms with Gasteiger partial charge in [-0.25, -0.2) is 0 Å². The molecule has 5 nitrogen and oxygen atoms in total. The molecule has 1 saturated heterocycles. The standard InChI is InChI=1S/C20H23ClN2O3/c1-25-18-8-4-17(5-9-18)23-11-10-15(13-23)12-22-20(24)14-26-19-6-2-16(21)3-7-19/h2-9,15H,10-14H2,1H3,(H,22,24). The van der Waals surface area contributed by atoms with Crippen molar-refractivity contribution < 1.29 is 14.3 Å². The summed E-state index contributed by atoms with van der Waals surface area (Å²) in [5.74, 6) is 1.83. The maximum absolute atomic E-state index is 12.0. The number of benzene rings is 2. The Morgan fingerprint density at radius 3 is 2.54 bits per heavy atom. The monoisotopic (exact) mass is 374 g/mol. The highest BCUT2D eigenvalue weighted by atomic mass is 35.5. The number of nitrogens with zero attached hydrogens (tertiary/aromatic N) is 1. The van der Waals surface area contributed by atoms with Crippen LogP contribution in [0.5, 0.6) is 11.5 Å². The second kappa shape index (κ2) is 8.81. The van der Waals surface area contributed by atoms with Crippen molar-refractivity contribution in [3.8, 4) is 11.5 Å². The molecule has 0 saturated carbocycles. The molecule has 2 aromatic carbocycles. The molecule has 1 aliphatic rings.